The fourth-order valence-corrected chi connectivity index (χ4v) is 5.11. The molecule has 5 rings (SSSR count). The molecule has 2 aliphatic heterocycles. The number of benzene rings is 2. The van der Waals surface area contributed by atoms with Crippen molar-refractivity contribution in [1.82, 2.24) is 4.90 Å². The fourth-order valence-electron chi connectivity index (χ4n) is 5.11. The van der Waals surface area contributed by atoms with Crippen molar-refractivity contribution >= 4 is 0 Å². The van der Waals surface area contributed by atoms with Crippen LogP contribution in [0.25, 0.3) is 0 Å². The summed E-state index contributed by atoms with van der Waals surface area (Å²) in [6.45, 7) is 6.01. The molecule has 0 aromatic heterocycles. The van der Waals surface area contributed by atoms with E-state index in [0.29, 0.717) is 13.2 Å². The van der Waals surface area contributed by atoms with Gasteiger partial charge >= 0.3 is 0 Å². The number of fused-ring (bicyclic) bond motifs is 1. The molecule has 4 atom stereocenters. The predicted molar refractivity (Wildman–Crippen MR) is 116 cm³/mol. The highest BCUT2D eigenvalue weighted by Crippen LogP contribution is 2.50. The van der Waals surface area contributed by atoms with Gasteiger partial charge in [-0.15, -0.1) is 0 Å². The van der Waals surface area contributed by atoms with Gasteiger partial charge in [-0.2, -0.15) is 0 Å². The molecular weight excluding hydrogens is 376 g/mol. The lowest BCUT2D eigenvalue weighted by atomic mass is 10.00. The van der Waals surface area contributed by atoms with E-state index < -0.39 is 5.79 Å². The summed E-state index contributed by atoms with van der Waals surface area (Å²) in [7, 11) is 0. The Hall–Kier alpha value is -1.76. The first kappa shape index (κ1) is 20.2. The molecule has 5 nitrogen and oxygen atoms in total. The average molecular weight is 409 g/mol. The lowest BCUT2D eigenvalue weighted by molar-refractivity contribution is -0.173. The first-order valence-corrected chi connectivity index (χ1v) is 11.0. The van der Waals surface area contributed by atoms with Crippen molar-refractivity contribution in [3.05, 3.63) is 71.8 Å². The van der Waals surface area contributed by atoms with Crippen LogP contribution >= 0.6 is 0 Å². The van der Waals surface area contributed by atoms with Crippen LogP contribution in [0.1, 0.15) is 37.8 Å². The van der Waals surface area contributed by atoms with Gasteiger partial charge in [-0.1, -0.05) is 60.7 Å². The molecule has 1 aliphatic carbocycles. The van der Waals surface area contributed by atoms with E-state index in [2.05, 4.69) is 47.4 Å². The van der Waals surface area contributed by atoms with Crippen LogP contribution in [0.5, 0.6) is 0 Å². The molecular formula is C25H32N2O3. The predicted octanol–water partition coefficient (Wildman–Crippen LogP) is 3.47. The van der Waals surface area contributed by atoms with E-state index in [4.69, 9.17) is 19.9 Å². The maximum Gasteiger partial charge on any atom is 0.163 e. The molecule has 2 heterocycles. The van der Waals surface area contributed by atoms with Crippen LogP contribution in [0.4, 0.5) is 0 Å². The van der Waals surface area contributed by atoms with Crippen molar-refractivity contribution in [1.29, 1.82) is 0 Å². The van der Waals surface area contributed by atoms with Crippen LogP contribution in [0, 0.1) is 0 Å². The van der Waals surface area contributed by atoms with Gasteiger partial charge in [-0.3, -0.25) is 4.90 Å². The van der Waals surface area contributed by atoms with Gasteiger partial charge in [0, 0.05) is 12.1 Å². The molecule has 3 aliphatic rings. The minimum atomic E-state index is -0.588. The molecule has 0 spiro atoms. The van der Waals surface area contributed by atoms with Gasteiger partial charge in [-0.05, 0) is 37.8 Å². The fraction of sp³-hybridized carbons (Fsp3) is 0.520. The van der Waals surface area contributed by atoms with E-state index in [-0.39, 0.29) is 29.8 Å². The summed E-state index contributed by atoms with van der Waals surface area (Å²) >= 11 is 0. The largest absolute Gasteiger partial charge is 0.375 e. The molecule has 2 aromatic rings. The Morgan fingerprint density at radius 1 is 0.933 bits per heavy atom. The second-order valence-corrected chi connectivity index (χ2v) is 9.47. The Bertz CT molecular complexity index is 853. The summed E-state index contributed by atoms with van der Waals surface area (Å²) in [6, 6.07) is 21.1. The zero-order valence-electron chi connectivity index (χ0n) is 17.9. The summed E-state index contributed by atoms with van der Waals surface area (Å²) in [5.74, 6) is -0.588. The Balaban J connectivity index is 1.39. The van der Waals surface area contributed by atoms with Gasteiger partial charge in [-0.25, -0.2) is 0 Å². The Labute approximate surface area is 179 Å². The molecule has 30 heavy (non-hydrogen) atoms. The number of ether oxygens (including phenoxy) is 3. The lowest BCUT2D eigenvalue weighted by Crippen LogP contribution is -2.54. The van der Waals surface area contributed by atoms with E-state index in [1.165, 1.54) is 11.1 Å². The Morgan fingerprint density at radius 3 is 2.17 bits per heavy atom. The van der Waals surface area contributed by atoms with Gasteiger partial charge in [0.1, 0.15) is 12.2 Å². The molecule has 2 aromatic carbocycles. The highest BCUT2D eigenvalue weighted by atomic mass is 16.8. The van der Waals surface area contributed by atoms with Crippen molar-refractivity contribution in [3.8, 4) is 0 Å². The van der Waals surface area contributed by atoms with Gasteiger partial charge in [0.25, 0.3) is 0 Å². The topological polar surface area (TPSA) is 57.0 Å². The number of nitrogens with two attached hydrogens (primary N) is 1. The minimum absolute atomic E-state index is 0.0264. The third-order valence-corrected chi connectivity index (χ3v) is 6.66. The molecule has 0 bridgehead atoms. The number of likely N-dealkylation sites (tertiary alicyclic amines) is 1. The Kier molecular flexibility index (Phi) is 5.20. The maximum absolute atomic E-state index is 6.80. The molecule has 0 unspecified atom stereocenters. The van der Waals surface area contributed by atoms with E-state index in [1.807, 2.05) is 32.0 Å². The van der Waals surface area contributed by atoms with Crippen LogP contribution in [0.2, 0.25) is 0 Å². The monoisotopic (exact) mass is 408 g/mol. The smallest absolute Gasteiger partial charge is 0.163 e. The summed E-state index contributed by atoms with van der Waals surface area (Å²) in [5, 5.41) is 0. The van der Waals surface area contributed by atoms with Gasteiger partial charge in [0.05, 0.1) is 25.3 Å². The molecule has 5 heteroatoms. The average Bonchev–Trinajstić information content (AvgIpc) is 3.31. The highest BCUT2D eigenvalue weighted by molar-refractivity contribution is 5.23. The third kappa shape index (κ3) is 3.93. The molecule has 2 saturated heterocycles. The maximum atomic E-state index is 6.80. The van der Waals surface area contributed by atoms with E-state index in [1.54, 1.807) is 0 Å². The van der Waals surface area contributed by atoms with Crippen molar-refractivity contribution in [3.63, 3.8) is 0 Å². The molecule has 160 valence electrons. The molecule has 0 amide bonds. The molecule has 2 N–H and O–H groups in total. The van der Waals surface area contributed by atoms with Crippen molar-refractivity contribution < 1.29 is 14.2 Å². The second kappa shape index (κ2) is 7.74. The van der Waals surface area contributed by atoms with Crippen molar-refractivity contribution in [2.24, 2.45) is 5.73 Å². The lowest BCUT2D eigenvalue weighted by Gasteiger charge is -2.37. The molecule has 0 radical (unpaired) electrons. The van der Waals surface area contributed by atoms with Crippen molar-refractivity contribution in [2.75, 3.05) is 6.61 Å². The van der Waals surface area contributed by atoms with Crippen LogP contribution in [0.3, 0.4) is 0 Å². The normalized spacial score (nSPS) is 31.6. The second-order valence-electron chi connectivity index (χ2n) is 9.47. The number of hydrogen-bond donors (Lipinski definition) is 1. The van der Waals surface area contributed by atoms with Crippen LogP contribution in [-0.4, -0.2) is 47.1 Å². The number of rotatable bonds is 7. The summed E-state index contributed by atoms with van der Waals surface area (Å²) < 4.78 is 19.0. The summed E-state index contributed by atoms with van der Waals surface area (Å²) in [6.07, 6.45) is 2.01. The van der Waals surface area contributed by atoms with E-state index >= 15 is 0 Å². The number of nitrogens with zero attached hydrogens (tertiary/aromatic N) is 1. The Morgan fingerprint density at radius 2 is 1.53 bits per heavy atom. The van der Waals surface area contributed by atoms with Crippen molar-refractivity contribution in [2.45, 2.75) is 75.5 Å². The van der Waals surface area contributed by atoms with E-state index in [0.717, 1.165) is 19.4 Å². The molecule has 1 saturated carbocycles. The molecule has 3 fully saturated rings. The highest BCUT2D eigenvalue weighted by Gasteiger charge is 2.65. The van der Waals surface area contributed by atoms with Crippen LogP contribution < -0.4 is 5.73 Å². The van der Waals surface area contributed by atoms with Gasteiger partial charge in [0.2, 0.25) is 0 Å². The third-order valence-electron chi connectivity index (χ3n) is 6.66. The summed E-state index contributed by atoms with van der Waals surface area (Å²) in [5.41, 5.74) is 9.06. The van der Waals surface area contributed by atoms with Gasteiger partial charge < -0.3 is 19.9 Å². The minimum Gasteiger partial charge on any atom is -0.375 e. The SMILES string of the molecule is CC1(C)O[C@@H]2[C@H](O1)[C@H](COCc1ccccc1)N(Cc1ccccc1)[C@@H]2C1(N)CC1. The van der Waals surface area contributed by atoms with Crippen LogP contribution in [-0.2, 0) is 27.4 Å². The standard InChI is InChI=1S/C25H32N2O3/c1-24(2)29-21-20(17-28-16-19-11-7-4-8-12-19)27(15-18-9-5-3-6-10-18)23(22(21)30-24)25(26)13-14-25/h3-12,20-23H,13-17,26H2,1-2H3/t20-,21+,22+,23-/m0/s1. The number of hydrogen-bond acceptors (Lipinski definition) is 5. The zero-order chi connectivity index (χ0) is 20.8. The first-order valence-electron chi connectivity index (χ1n) is 11.0. The summed E-state index contributed by atoms with van der Waals surface area (Å²) in [4.78, 5) is 2.50. The first-order chi connectivity index (χ1) is 14.5. The quantitative estimate of drug-likeness (QED) is 0.760. The van der Waals surface area contributed by atoms with E-state index in [9.17, 15) is 0 Å². The van der Waals surface area contributed by atoms with Gasteiger partial charge in [0.15, 0.2) is 5.79 Å². The van der Waals surface area contributed by atoms with Crippen LogP contribution in [0.15, 0.2) is 60.7 Å². The zero-order valence-corrected chi connectivity index (χ0v) is 17.9.